The Bertz CT molecular complexity index is 534. The van der Waals surface area contributed by atoms with Crippen molar-refractivity contribution in [3.63, 3.8) is 0 Å². The highest BCUT2D eigenvalue weighted by molar-refractivity contribution is 7.10. The molecule has 0 fully saturated rings. The fourth-order valence-corrected chi connectivity index (χ4v) is 2.58. The van der Waals surface area contributed by atoms with Crippen molar-refractivity contribution in [2.24, 2.45) is 0 Å². The SMILES string of the molecule is CCC(C#N)c1nc(-c2ccc(C)cc2)cs1. The van der Waals surface area contributed by atoms with Crippen molar-refractivity contribution >= 4 is 11.3 Å². The molecule has 1 atom stereocenters. The van der Waals surface area contributed by atoms with E-state index in [1.54, 1.807) is 11.3 Å². The summed E-state index contributed by atoms with van der Waals surface area (Å²) in [5.41, 5.74) is 3.33. The van der Waals surface area contributed by atoms with Gasteiger partial charge in [-0.1, -0.05) is 36.8 Å². The minimum Gasteiger partial charge on any atom is -0.240 e. The van der Waals surface area contributed by atoms with Gasteiger partial charge in [-0.2, -0.15) is 5.26 Å². The first-order chi connectivity index (χ1) is 8.24. The maximum absolute atomic E-state index is 9.01. The van der Waals surface area contributed by atoms with Crippen LogP contribution < -0.4 is 0 Å². The molecule has 0 spiro atoms. The third-order valence-electron chi connectivity index (χ3n) is 2.73. The standard InChI is InChI=1S/C14H14N2S/c1-3-11(8-15)14-16-13(9-17-14)12-6-4-10(2)5-7-12/h4-7,9,11H,3H2,1-2H3. The van der Waals surface area contributed by atoms with E-state index in [1.807, 2.05) is 12.3 Å². The Morgan fingerprint density at radius 1 is 1.35 bits per heavy atom. The third kappa shape index (κ3) is 2.54. The molecule has 2 aromatic rings. The zero-order valence-electron chi connectivity index (χ0n) is 9.97. The Morgan fingerprint density at radius 2 is 2.06 bits per heavy atom. The molecule has 0 saturated heterocycles. The molecule has 1 unspecified atom stereocenters. The van der Waals surface area contributed by atoms with Crippen LogP contribution in [0.15, 0.2) is 29.6 Å². The lowest BCUT2D eigenvalue weighted by molar-refractivity contribution is 0.810. The number of nitrogens with zero attached hydrogens (tertiary/aromatic N) is 2. The molecule has 17 heavy (non-hydrogen) atoms. The summed E-state index contributed by atoms with van der Waals surface area (Å²) in [4.78, 5) is 4.55. The van der Waals surface area contributed by atoms with Crippen molar-refractivity contribution in [1.82, 2.24) is 4.98 Å². The van der Waals surface area contributed by atoms with Gasteiger partial charge in [-0.15, -0.1) is 11.3 Å². The zero-order valence-corrected chi connectivity index (χ0v) is 10.8. The zero-order chi connectivity index (χ0) is 12.3. The number of nitriles is 1. The second-order valence-electron chi connectivity index (χ2n) is 4.03. The summed E-state index contributed by atoms with van der Waals surface area (Å²) < 4.78 is 0. The predicted molar refractivity (Wildman–Crippen MR) is 70.9 cm³/mol. The number of hydrogen-bond donors (Lipinski definition) is 0. The van der Waals surface area contributed by atoms with Gasteiger partial charge in [0.15, 0.2) is 0 Å². The molecule has 0 amide bonds. The van der Waals surface area contributed by atoms with E-state index >= 15 is 0 Å². The first-order valence-electron chi connectivity index (χ1n) is 5.66. The molecule has 0 bridgehead atoms. The lowest BCUT2D eigenvalue weighted by atomic mass is 10.1. The Labute approximate surface area is 106 Å². The first kappa shape index (κ1) is 11.8. The average Bonchev–Trinajstić information content (AvgIpc) is 2.81. The summed E-state index contributed by atoms with van der Waals surface area (Å²) in [5.74, 6) is -0.0702. The van der Waals surface area contributed by atoms with Gasteiger partial charge in [0, 0.05) is 10.9 Å². The van der Waals surface area contributed by atoms with Crippen LogP contribution in [0.4, 0.5) is 0 Å². The molecule has 1 aromatic carbocycles. The Morgan fingerprint density at radius 3 is 2.65 bits per heavy atom. The van der Waals surface area contributed by atoms with Gasteiger partial charge in [-0.05, 0) is 13.3 Å². The van der Waals surface area contributed by atoms with E-state index < -0.39 is 0 Å². The van der Waals surface area contributed by atoms with Crippen LogP contribution in [0.2, 0.25) is 0 Å². The van der Waals surface area contributed by atoms with Gasteiger partial charge in [0.25, 0.3) is 0 Å². The van der Waals surface area contributed by atoms with Crippen molar-refractivity contribution in [1.29, 1.82) is 5.26 Å². The van der Waals surface area contributed by atoms with Crippen molar-refractivity contribution in [3.8, 4) is 17.3 Å². The van der Waals surface area contributed by atoms with Crippen molar-refractivity contribution < 1.29 is 0 Å². The summed E-state index contributed by atoms with van der Waals surface area (Å²) in [6.45, 7) is 4.08. The molecule has 0 aliphatic rings. The van der Waals surface area contributed by atoms with Crippen molar-refractivity contribution in [3.05, 3.63) is 40.2 Å². The van der Waals surface area contributed by atoms with Gasteiger partial charge in [0.1, 0.15) is 5.01 Å². The van der Waals surface area contributed by atoms with Crippen LogP contribution in [0.1, 0.15) is 29.8 Å². The third-order valence-corrected chi connectivity index (χ3v) is 3.69. The number of aromatic nitrogens is 1. The molecule has 0 radical (unpaired) electrons. The van der Waals surface area contributed by atoms with Crippen molar-refractivity contribution in [2.45, 2.75) is 26.2 Å². The van der Waals surface area contributed by atoms with E-state index in [0.29, 0.717) is 0 Å². The molecule has 2 rings (SSSR count). The lowest BCUT2D eigenvalue weighted by Gasteiger charge is -2.00. The number of benzene rings is 1. The van der Waals surface area contributed by atoms with Gasteiger partial charge < -0.3 is 0 Å². The van der Waals surface area contributed by atoms with Crippen molar-refractivity contribution in [2.75, 3.05) is 0 Å². The van der Waals surface area contributed by atoms with Crippen LogP contribution in [-0.2, 0) is 0 Å². The molecule has 0 aliphatic carbocycles. The van der Waals surface area contributed by atoms with Crippen LogP contribution in [0.3, 0.4) is 0 Å². The Balaban J connectivity index is 2.30. The molecular weight excluding hydrogens is 228 g/mol. The molecule has 3 heteroatoms. The molecule has 86 valence electrons. The highest BCUT2D eigenvalue weighted by Gasteiger charge is 2.13. The monoisotopic (exact) mass is 242 g/mol. The van der Waals surface area contributed by atoms with E-state index in [4.69, 9.17) is 5.26 Å². The quantitative estimate of drug-likeness (QED) is 0.811. The van der Waals surface area contributed by atoms with Crippen LogP contribution in [0, 0.1) is 18.3 Å². The Kier molecular flexibility index (Phi) is 3.55. The number of hydrogen-bond acceptors (Lipinski definition) is 3. The highest BCUT2D eigenvalue weighted by atomic mass is 32.1. The normalized spacial score (nSPS) is 12.1. The molecule has 2 nitrogen and oxygen atoms in total. The summed E-state index contributed by atoms with van der Waals surface area (Å²) in [7, 11) is 0. The Hall–Kier alpha value is -1.66. The van der Waals surface area contributed by atoms with Crippen LogP contribution in [0.25, 0.3) is 11.3 Å². The van der Waals surface area contributed by atoms with E-state index in [1.165, 1.54) is 5.56 Å². The second kappa shape index (κ2) is 5.11. The summed E-state index contributed by atoms with van der Waals surface area (Å²) in [6.07, 6.45) is 0.817. The molecule has 0 aliphatic heterocycles. The summed E-state index contributed by atoms with van der Waals surface area (Å²) in [5, 5.41) is 12.0. The largest absolute Gasteiger partial charge is 0.240 e. The topological polar surface area (TPSA) is 36.7 Å². The molecule has 1 heterocycles. The molecule has 0 N–H and O–H groups in total. The van der Waals surface area contributed by atoms with Gasteiger partial charge in [0.05, 0.1) is 17.7 Å². The van der Waals surface area contributed by atoms with Crippen LogP contribution in [-0.4, -0.2) is 4.98 Å². The van der Waals surface area contributed by atoms with E-state index in [-0.39, 0.29) is 5.92 Å². The summed E-state index contributed by atoms with van der Waals surface area (Å²) >= 11 is 1.57. The second-order valence-corrected chi connectivity index (χ2v) is 4.92. The fraction of sp³-hybridized carbons (Fsp3) is 0.286. The van der Waals surface area contributed by atoms with Gasteiger partial charge in [0.2, 0.25) is 0 Å². The van der Waals surface area contributed by atoms with Crippen LogP contribution >= 0.6 is 11.3 Å². The predicted octanol–water partition coefficient (Wildman–Crippen LogP) is 4.14. The maximum atomic E-state index is 9.01. The lowest BCUT2D eigenvalue weighted by Crippen LogP contribution is -1.92. The van der Waals surface area contributed by atoms with Gasteiger partial charge in [-0.3, -0.25) is 0 Å². The molecule has 0 saturated carbocycles. The molecule has 1 aromatic heterocycles. The fourth-order valence-electron chi connectivity index (χ4n) is 1.63. The maximum Gasteiger partial charge on any atom is 0.110 e. The number of thiazole rings is 1. The first-order valence-corrected chi connectivity index (χ1v) is 6.54. The summed E-state index contributed by atoms with van der Waals surface area (Å²) in [6, 6.07) is 10.6. The smallest absolute Gasteiger partial charge is 0.110 e. The van der Waals surface area contributed by atoms with Crippen LogP contribution in [0.5, 0.6) is 0 Å². The van der Waals surface area contributed by atoms with Gasteiger partial charge in [-0.25, -0.2) is 4.98 Å². The highest BCUT2D eigenvalue weighted by Crippen LogP contribution is 2.27. The molecular formula is C14H14N2S. The number of aryl methyl sites for hydroxylation is 1. The number of rotatable bonds is 3. The van der Waals surface area contributed by atoms with Gasteiger partial charge >= 0.3 is 0 Å². The van der Waals surface area contributed by atoms with E-state index in [0.717, 1.165) is 22.7 Å². The van der Waals surface area contributed by atoms with E-state index in [2.05, 4.69) is 42.2 Å². The minimum absolute atomic E-state index is 0.0702. The van der Waals surface area contributed by atoms with E-state index in [9.17, 15) is 0 Å². The average molecular weight is 242 g/mol. The minimum atomic E-state index is -0.0702.